The average molecular weight is 283 g/mol. The molecule has 0 aliphatic heterocycles. The van der Waals surface area contributed by atoms with Crippen molar-refractivity contribution in [3.63, 3.8) is 0 Å². The van der Waals surface area contributed by atoms with Gasteiger partial charge in [-0.05, 0) is 19.6 Å². The first kappa shape index (κ1) is 16.0. The molecule has 5 nitrogen and oxygen atoms in total. The van der Waals surface area contributed by atoms with Crippen LogP contribution in [0.5, 0.6) is 0 Å². The lowest BCUT2D eigenvalue weighted by atomic mass is 10.2. The number of hydrogen-bond donors (Lipinski definition) is 3. The second kappa shape index (κ2) is 7.55. The molecule has 0 aliphatic carbocycles. The highest BCUT2D eigenvalue weighted by atomic mass is 32.2. The van der Waals surface area contributed by atoms with Gasteiger partial charge in [0.15, 0.2) is 0 Å². The Hall–Kier alpha value is -1.01. The SMILES string of the molecule is CSC(C)CCNc1nc(C(C)C)nc(NN)c1C. The van der Waals surface area contributed by atoms with Crippen molar-refractivity contribution in [2.45, 2.75) is 45.3 Å². The number of nitrogens with zero attached hydrogens (tertiary/aromatic N) is 2. The van der Waals surface area contributed by atoms with Gasteiger partial charge in [0, 0.05) is 23.3 Å². The largest absolute Gasteiger partial charge is 0.370 e. The molecule has 1 rings (SSSR count). The van der Waals surface area contributed by atoms with Gasteiger partial charge in [0.25, 0.3) is 0 Å². The Morgan fingerprint density at radius 3 is 2.37 bits per heavy atom. The lowest BCUT2D eigenvalue weighted by Crippen LogP contribution is -2.16. The molecule has 1 atom stereocenters. The monoisotopic (exact) mass is 283 g/mol. The van der Waals surface area contributed by atoms with E-state index in [9.17, 15) is 0 Å². The molecule has 0 aliphatic rings. The summed E-state index contributed by atoms with van der Waals surface area (Å²) in [4.78, 5) is 9.00. The molecule has 0 fully saturated rings. The van der Waals surface area contributed by atoms with E-state index in [-0.39, 0.29) is 5.92 Å². The average Bonchev–Trinajstić information content (AvgIpc) is 2.40. The van der Waals surface area contributed by atoms with Gasteiger partial charge in [-0.25, -0.2) is 15.8 Å². The standard InChI is InChI=1S/C13H25N5S/c1-8(2)11-16-12(10(4)13(17-11)18-14)15-7-6-9(3)19-5/h8-9H,6-7,14H2,1-5H3,(H2,15,16,17,18). The number of thioether (sulfide) groups is 1. The molecule has 108 valence electrons. The van der Waals surface area contributed by atoms with Crippen molar-refractivity contribution in [2.24, 2.45) is 5.84 Å². The van der Waals surface area contributed by atoms with Gasteiger partial charge < -0.3 is 10.7 Å². The third-order valence-electron chi connectivity index (χ3n) is 3.06. The Kier molecular flexibility index (Phi) is 6.37. The van der Waals surface area contributed by atoms with Gasteiger partial charge in [-0.15, -0.1) is 0 Å². The van der Waals surface area contributed by atoms with Crippen molar-refractivity contribution in [1.29, 1.82) is 0 Å². The first-order valence-electron chi connectivity index (χ1n) is 6.61. The van der Waals surface area contributed by atoms with Gasteiger partial charge in [0.1, 0.15) is 17.5 Å². The smallest absolute Gasteiger partial charge is 0.148 e. The number of nitrogens with one attached hydrogen (secondary N) is 2. The summed E-state index contributed by atoms with van der Waals surface area (Å²) in [5, 5.41) is 4.03. The minimum Gasteiger partial charge on any atom is -0.370 e. The highest BCUT2D eigenvalue weighted by molar-refractivity contribution is 7.99. The number of anilines is 2. The lowest BCUT2D eigenvalue weighted by molar-refractivity contribution is 0.769. The predicted octanol–water partition coefficient (Wildman–Crippen LogP) is 2.75. The summed E-state index contributed by atoms with van der Waals surface area (Å²) in [5.41, 5.74) is 3.61. The zero-order chi connectivity index (χ0) is 14.4. The van der Waals surface area contributed by atoms with Crippen LogP contribution in [0, 0.1) is 6.92 Å². The van der Waals surface area contributed by atoms with E-state index in [2.05, 4.69) is 47.7 Å². The number of nitrogens with two attached hydrogens (primary N) is 1. The Labute approximate surface area is 120 Å². The number of hydrogen-bond acceptors (Lipinski definition) is 6. The molecule has 1 aromatic heterocycles. The molecule has 1 aromatic rings. The van der Waals surface area contributed by atoms with Gasteiger partial charge >= 0.3 is 0 Å². The van der Waals surface area contributed by atoms with Gasteiger partial charge in [-0.3, -0.25) is 0 Å². The van der Waals surface area contributed by atoms with E-state index in [1.54, 1.807) is 0 Å². The zero-order valence-electron chi connectivity index (χ0n) is 12.4. The molecule has 6 heteroatoms. The van der Waals surface area contributed by atoms with E-state index in [4.69, 9.17) is 5.84 Å². The minimum atomic E-state index is 0.276. The Bertz CT molecular complexity index is 408. The Balaban J connectivity index is 2.83. The van der Waals surface area contributed by atoms with Gasteiger partial charge in [0.05, 0.1) is 0 Å². The molecule has 0 aromatic carbocycles. The molecule has 0 saturated heterocycles. The number of nitrogen functional groups attached to an aromatic ring is 1. The third kappa shape index (κ3) is 4.54. The first-order valence-corrected chi connectivity index (χ1v) is 7.90. The summed E-state index contributed by atoms with van der Waals surface area (Å²) >= 11 is 1.87. The molecule has 19 heavy (non-hydrogen) atoms. The molecule has 1 unspecified atom stereocenters. The van der Waals surface area contributed by atoms with Crippen molar-refractivity contribution in [3.05, 3.63) is 11.4 Å². The van der Waals surface area contributed by atoms with Crippen molar-refractivity contribution in [2.75, 3.05) is 23.5 Å². The second-order valence-corrected chi connectivity index (χ2v) is 6.24. The predicted molar refractivity (Wildman–Crippen MR) is 84.8 cm³/mol. The van der Waals surface area contributed by atoms with Gasteiger partial charge in [0.2, 0.25) is 0 Å². The maximum absolute atomic E-state index is 5.52. The molecule has 4 N–H and O–H groups in total. The maximum Gasteiger partial charge on any atom is 0.148 e. The molecule has 0 amide bonds. The summed E-state index contributed by atoms with van der Waals surface area (Å²) in [6.45, 7) is 9.25. The van der Waals surface area contributed by atoms with Crippen molar-refractivity contribution >= 4 is 23.4 Å². The van der Waals surface area contributed by atoms with E-state index in [0.717, 1.165) is 30.2 Å². The molecule has 0 spiro atoms. The summed E-state index contributed by atoms with van der Waals surface area (Å²) in [7, 11) is 0. The van der Waals surface area contributed by atoms with Crippen LogP contribution in [0.25, 0.3) is 0 Å². The number of aromatic nitrogens is 2. The number of rotatable bonds is 7. The maximum atomic E-state index is 5.52. The summed E-state index contributed by atoms with van der Waals surface area (Å²) in [6, 6.07) is 0. The molecular formula is C13H25N5S. The summed E-state index contributed by atoms with van der Waals surface area (Å²) < 4.78 is 0. The van der Waals surface area contributed by atoms with Crippen LogP contribution < -0.4 is 16.6 Å². The topological polar surface area (TPSA) is 75.9 Å². The fourth-order valence-electron chi connectivity index (χ4n) is 1.62. The molecule has 1 heterocycles. The van der Waals surface area contributed by atoms with E-state index < -0.39 is 0 Å². The molecule has 0 bridgehead atoms. The van der Waals surface area contributed by atoms with Crippen molar-refractivity contribution < 1.29 is 0 Å². The van der Waals surface area contributed by atoms with Gasteiger partial charge in [-0.2, -0.15) is 11.8 Å². The highest BCUT2D eigenvalue weighted by Gasteiger charge is 2.12. The summed E-state index contributed by atoms with van der Waals surface area (Å²) in [5.74, 6) is 8.17. The fourth-order valence-corrected chi connectivity index (χ4v) is 1.97. The van der Waals surface area contributed by atoms with E-state index in [1.807, 2.05) is 18.7 Å². The van der Waals surface area contributed by atoms with Crippen LogP contribution in [0.15, 0.2) is 0 Å². The zero-order valence-corrected chi connectivity index (χ0v) is 13.3. The van der Waals surface area contributed by atoms with Crippen LogP contribution in [-0.2, 0) is 0 Å². The van der Waals surface area contributed by atoms with Crippen LogP contribution in [0.2, 0.25) is 0 Å². The van der Waals surface area contributed by atoms with Crippen LogP contribution in [0.3, 0.4) is 0 Å². The van der Waals surface area contributed by atoms with E-state index in [1.165, 1.54) is 0 Å². The fraction of sp³-hybridized carbons (Fsp3) is 0.692. The molecule has 0 saturated carbocycles. The first-order chi connectivity index (χ1) is 8.99. The quantitative estimate of drug-likeness (QED) is 0.528. The normalized spacial score (nSPS) is 12.6. The minimum absolute atomic E-state index is 0.276. The van der Waals surface area contributed by atoms with Crippen molar-refractivity contribution in [1.82, 2.24) is 9.97 Å². The van der Waals surface area contributed by atoms with E-state index >= 15 is 0 Å². The highest BCUT2D eigenvalue weighted by Crippen LogP contribution is 2.22. The number of hydrazine groups is 1. The molecular weight excluding hydrogens is 258 g/mol. The lowest BCUT2D eigenvalue weighted by Gasteiger charge is -2.16. The van der Waals surface area contributed by atoms with Crippen LogP contribution in [0.4, 0.5) is 11.6 Å². The van der Waals surface area contributed by atoms with Crippen LogP contribution >= 0.6 is 11.8 Å². The third-order valence-corrected chi connectivity index (χ3v) is 4.10. The van der Waals surface area contributed by atoms with Gasteiger partial charge in [-0.1, -0.05) is 20.8 Å². The Morgan fingerprint density at radius 1 is 1.21 bits per heavy atom. The Morgan fingerprint density at radius 2 is 1.84 bits per heavy atom. The molecule has 0 radical (unpaired) electrons. The summed E-state index contributed by atoms with van der Waals surface area (Å²) in [6.07, 6.45) is 3.24. The van der Waals surface area contributed by atoms with Crippen LogP contribution in [-0.4, -0.2) is 28.0 Å². The van der Waals surface area contributed by atoms with Crippen molar-refractivity contribution in [3.8, 4) is 0 Å². The van der Waals surface area contributed by atoms with E-state index in [0.29, 0.717) is 11.1 Å². The van der Waals surface area contributed by atoms with Crippen LogP contribution in [0.1, 0.15) is 44.5 Å². The second-order valence-electron chi connectivity index (χ2n) is 4.96.